The zero-order valence-corrected chi connectivity index (χ0v) is 10.7. The molecule has 1 aromatic carbocycles. The minimum atomic E-state index is -0.322. The highest BCUT2D eigenvalue weighted by atomic mass is 19.1. The van der Waals surface area contributed by atoms with Crippen LogP contribution in [-0.4, -0.2) is 23.8 Å². The van der Waals surface area contributed by atoms with Crippen molar-refractivity contribution in [2.75, 3.05) is 7.05 Å². The SMILES string of the molecule is CN(Cc1cc(F)cc(C(=N)N)c1)C1CCCC1. The lowest BCUT2D eigenvalue weighted by Gasteiger charge is -2.24. The van der Waals surface area contributed by atoms with Gasteiger partial charge in [0.25, 0.3) is 0 Å². The van der Waals surface area contributed by atoms with Crippen molar-refractivity contribution in [1.82, 2.24) is 4.90 Å². The number of nitrogen functional groups attached to an aromatic ring is 1. The van der Waals surface area contributed by atoms with E-state index in [1.807, 2.05) is 0 Å². The monoisotopic (exact) mass is 249 g/mol. The molecule has 0 atom stereocenters. The Kier molecular flexibility index (Phi) is 3.97. The average molecular weight is 249 g/mol. The van der Waals surface area contributed by atoms with Crippen molar-refractivity contribution in [2.45, 2.75) is 38.3 Å². The van der Waals surface area contributed by atoms with Crippen molar-refractivity contribution in [3.05, 3.63) is 35.1 Å². The van der Waals surface area contributed by atoms with E-state index in [9.17, 15) is 4.39 Å². The fourth-order valence-electron chi connectivity index (χ4n) is 2.66. The molecule has 0 bridgehead atoms. The molecule has 0 radical (unpaired) electrons. The first kappa shape index (κ1) is 13.0. The second-order valence-electron chi connectivity index (χ2n) is 5.12. The van der Waals surface area contributed by atoms with Gasteiger partial charge in [0.1, 0.15) is 11.7 Å². The van der Waals surface area contributed by atoms with E-state index in [0.29, 0.717) is 18.2 Å². The molecule has 3 N–H and O–H groups in total. The summed E-state index contributed by atoms with van der Waals surface area (Å²) in [6.07, 6.45) is 5.03. The van der Waals surface area contributed by atoms with Gasteiger partial charge in [-0.15, -0.1) is 0 Å². The summed E-state index contributed by atoms with van der Waals surface area (Å²) < 4.78 is 13.4. The lowest BCUT2D eigenvalue weighted by atomic mass is 10.1. The first-order valence-corrected chi connectivity index (χ1v) is 6.40. The Morgan fingerprint density at radius 1 is 1.39 bits per heavy atom. The minimum Gasteiger partial charge on any atom is -0.384 e. The van der Waals surface area contributed by atoms with Crippen LogP contribution in [0.15, 0.2) is 18.2 Å². The fourth-order valence-corrected chi connectivity index (χ4v) is 2.66. The van der Waals surface area contributed by atoms with Gasteiger partial charge in [-0.1, -0.05) is 12.8 Å². The van der Waals surface area contributed by atoms with Crippen LogP contribution in [0.1, 0.15) is 36.8 Å². The molecule has 1 aliphatic rings. The van der Waals surface area contributed by atoms with Crippen LogP contribution in [0.4, 0.5) is 4.39 Å². The van der Waals surface area contributed by atoms with Gasteiger partial charge < -0.3 is 5.73 Å². The first-order valence-electron chi connectivity index (χ1n) is 6.40. The molecular weight excluding hydrogens is 229 g/mol. The highest BCUT2D eigenvalue weighted by Gasteiger charge is 2.19. The van der Waals surface area contributed by atoms with Crippen LogP contribution in [-0.2, 0) is 6.54 Å². The number of amidine groups is 1. The first-order chi connectivity index (χ1) is 8.56. The van der Waals surface area contributed by atoms with E-state index in [1.54, 1.807) is 6.07 Å². The lowest BCUT2D eigenvalue weighted by Crippen LogP contribution is -2.28. The summed E-state index contributed by atoms with van der Waals surface area (Å²) in [5.74, 6) is -0.406. The minimum absolute atomic E-state index is 0.0840. The number of nitrogens with zero attached hydrogens (tertiary/aromatic N) is 1. The van der Waals surface area contributed by atoms with E-state index in [0.717, 1.165) is 5.56 Å². The quantitative estimate of drug-likeness (QED) is 0.636. The normalized spacial score (nSPS) is 16.4. The molecule has 3 nitrogen and oxygen atoms in total. The smallest absolute Gasteiger partial charge is 0.124 e. The van der Waals surface area contributed by atoms with E-state index in [4.69, 9.17) is 11.1 Å². The lowest BCUT2D eigenvalue weighted by molar-refractivity contribution is 0.237. The van der Waals surface area contributed by atoms with Gasteiger partial charge in [-0.2, -0.15) is 0 Å². The Hall–Kier alpha value is -1.42. The highest BCUT2D eigenvalue weighted by molar-refractivity contribution is 5.95. The molecule has 0 spiro atoms. The maximum absolute atomic E-state index is 13.4. The summed E-state index contributed by atoms with van der Waals surface area (Å²) in [7, 11) is 2.08. The number of rotatable bonds is 4. The maximum atomic E-state index is 13.4. The molecule has 0 amide bonds. The van der Waals surface area contributed by atoms with Crippen LogP contribution < -0.4 is 5.73 Å². The molecule has 0 aliphatic heterocycles. The van der Waals surface area contributed by atoms with Gasteiger partial charge in [0.05, 0.1) is 0 Å². The summed E-state index contributed by atoms with van der Waals surface area (Å²) in [5, 5.41) is 7.38. The van der Waals surface area contributed by atoms with Gasteiger partial charge in [0.2, 0.25) is 0 Å². The van der Waals surface area contributed by atoms with Crippen molar-refractivity contribution in [3.63, 3.8) is 0 Å². The van der Waals surface area contributed by atoms with Gasteiger partial charge >= 0.3 is 0 Å². The summed E-state index contributed by atoms with van der Waals surface area (Å²) >= 11 is 0. The summed E-state index contributed by atoms with van der Waals surface area (Å²) in [4.78, 5) is 2.27. The van der Waals surface area contributed by atoms with Crippen LogP contribution >= 0.6 is 0 Å². The Balaban J connectivity index is 2.10. The Bertz CT molecular complexity index is 439. The number of nitrogens with two attached hydrogens (primary N) is 1. The van der Waals surface area contributed by atoms with Crippen LogP contribution in [0.2, 0.25) is 0 Å². The van der Waals surface area contributed by atoms with Crippen LogP contribution in [0.25, 0.3) is 0 Å². The van der Waals surface area contributed by atoms with Crippen LogP contribution in [0.5, 0.6) is 0 Å². The Labute approximate surface area is 107 Å². The standard InChI is InChI=1S/C14H20FN3/c1-18(13-4-2-3-5-13)9-10-6-11(14(16)17)8-12(15)7-10/h6-8,13H,2-5,9H2,1H3,(H3,16,17). The van der Waals surface area contributed by atoms with Crippen LogP contribution in [0.3, 0.4) is 0 Å². The molecule has 98 valence electrons. The third-order valence-electron chi connectivity index (χ3n) is 3.65. The molecule has 0 saturated heterocycles. The predicted octanol–water partition coefficient (Wildman–Crippen LogP) is 2.48. The number of halogens is 1. The van der Waals surface area contributed by atoms with Crippen molar-refractivity contribution >= 4 is 5.84 Å². The highest BCUT2D eigenvalue weighted by Crippen LogP contribution is 2.24. The summed E-state index contributed by atoms with van der Waals surface area (Å²) in [6.45, 7) is 0.711. The molecule has 4 heteroatoms. The molecule has 1 saturated carbocycles. The Morgan fingerprint density at radius 3 is 2.67 bits per heavy atom. The van der Waals surface area contributed by atoms with Gasteiger partial charge in [-0.05, 0) is 43.7 Å². The van der Waals surface area contributed by atoms with Crippen LogP contribution in [0, 0.1) is 11.2 Å². The summed E-state index contributed by atoms with van der Waals surface area (Å²) in [5.41, 5.74) is 6.75. The van der Waals surface area contributed by atoms with Gasteiger partial charge in [-0.25, -0.2) is 4.39 Å². The maximum Gasteiger partial charge on any atom is 0.124 e. The fraction of sp³-hybridized carbons (Fsp3) is 0.500. The summed E-state index contributed by atoms with van der Waals surface area (Å²) in [6, 6.07) is 5.24. The van der Waals surface area contributed by atoms with E-state index in [1.165, 1.54) is 37.8 Å². The third kappa shape index (κ3) is 3.07. The largest absolute Gasteiger partial charge is 0.384 e. The molecule has 0 aromatic heterocycles. The topological polar surface area (TPSA) is 53.1 Å². The van der Waals surface area contributed by atoms with E-state index in [2.05, 4.69) is 11.9 Å². The van der Waals surface area contributed by atoms with Crippen molar-refractivity contribution in [1.29, 1.82) is 5.41 Å². The van der Waals surface area contributed by atoms with Crippen molar-refractivity contribution in [2.24, 2.45) is 5.73 Å². The van der Waals surface area contributed by atoms with Crippen molar-refractivity contribution < 1.29 is 4.39 Å². The molecule has 0 heterocycles. The number of nitrogens with one attached hydrogen (secondary N) is 1. The molecule has 1 fully saturated rings. The van der Waals surface area contributed by atoms with Gasteiger partial charge in [0, 0.05) is 18.2 Å². The number of hydrogen-bond donors (Lipinski definition) is 2. The van der Waals surface area contributed by atoms with Gasteiger partial charge in [-0.3, -0.25) is 10.3 Å². The van der Waals surface area contributed by atoms with Crippen molar-refractivity contribution in [3.8, 4) is 0 Å². The third-order valence-corrected chi connectivity index (χ3v) is 3.65. The van der Waals surface area contributed by atoms with E-state index in [-0.39, 0.29) is 11.7 Å². The zero-order chi connectivity index (χ0) is 13.1. The molecule has 2 rings (SSSR count). The second-order valence-corrected chi connectivity index (χ2v) is 5.12. The number of benzene rings is 1. The molecule has 1 aromatic rings. The second kappa shape index (κ2) is 5.48. The molecule has 1 aliphatic carbocycles. The Morgan fingerprint density at radius 2 is 2.06 bits per heavy atom. The number of hydrogen-bond acceptors (Lipinski definition) is 2. The van der Waals surface area contributed by atoms with E-state index < -0.39 is 0 Å². The molecule has 18 heavy (non-hydrogen) atoms. The average Bonchev–Trinajstić information content (AvgIpc) is 2.81. The van der Waals surface area contributed by atoms with Gasteiger partial charge in [0.15, 0.2) is 0 Å². The molecule has 0 unspecified atom stereocenters. The molecular formula is C14H20FN3. The zero-order valence-electron chi connectivity index (χ0n) is 10.7. The van der Waals surface area contributed by atoms with E-state index >= 15 is 0 Å². The predicted molar refractivity (Wildman–Crippen MR) is 71.1 cm³/mol.